The Morgan fingerprint density at radius 2 is 2.25 bits per heavy atom. The highest BCUT2D eigenvalue weighted by atomic mass is 19.3. The summed E-state index contributed by atoms with van der Waals surface area (Å²) in [5, 5.41) is 3.92. The van der Waals surface area contributed by atoms with Gasteiger partial charge in [-0.15, -0.1) is 0 Å². The Balaban J connectivity index is 1.53. The minimum absolute atomic E-state index is 0.0415. The highest BCUT2D eigenvalue weighted by Crippen LogP contribution is 2.45. The molecule has 3 saturated heterocycles. The van der Waals surface area contributed by atoms with Gasteiger partial charge in [-0.3, -0.25) is 9.69 Å². The highest BCUT2D eigenvalue weighted by molar-refractivity contribution is 5.84. The summed E-state index contributed by atoms with van der Waals surface area (Å²) in [6, 6.07) is 1.80. The molecule has 1 aromatic rings. The van der Waals surface area contributed by atoms with Gasteiger partial charge in [-0.1, -0.05) is 5.16 Å². The molecule has 4 heterocycles. The largest absolute Gasteiger partial charge is 0.381 e. The smallest absolute Gasteiger partial charge is 0.267 e. The van der Waals surface area contributed by atoms with Crippen LogP contribution in [0.2, 0.25) is 0 Å². The minimum atomic E-state index is -2.76. The number of hydrogen-bond donors (Lipinski definition) is 0. The van der Waals surface area contributed by atoms with Crippen molar-refractivity contribution in [2.24, 2.45) is 11.3 Å². The third-order valence-electron chi connectivity index (χ3n) is 5.54. The van der Waals surface area contributed by atoms with E-state index >= 15 is 0 Å². The van der Waals surface area contributed by atoms with Crippen molar-refractivity contribution >= 4 is 5.91 Å². The van der Waals surface area contributed by atoms with Gasteiger partial charge >= 0.3 is 0 Å². The van der Waals surface area contributed by atoms with Crippen LogP contribution in [0.25, 0.3) is 0 Å². The second-order valence-corrected chi connectivity index (χ2v) is 7.17. The number of nitrogens with zero attached hydrogens (tertiary/aromatic N) is 3. The molecule has 1 aromatic heterocycles. The van der Waals surface area contributed by atoms with Gasteiger partial charge in [-0.25, -0.2) is 8.78 Å². The molecular weight excluding hydrogens is 320 g/mol. The molecule has 8 heteroatoms. The third-order valence-corrected chi connectivity index (χ3v) is 5.54. The number of carbonyl (C=O) groups is 1. The summed E-state index contributed by atoms with van der Waals surface area (Å²) in [6.07, 6.45) is 1.88. The van der Waals surface area contributed by atoms with Gasteiger partial charge in [-0.05, 0) is 6.42 Å². The summed E-state index contributed by atoms with van der Waals surface area (Å²) in [5.41, 5.74) is 0.201. The first-order valence-electron chi connectivity index (χ1n) is 8.35. The Hall–Kier alpha value is -1.54. The Labute approximate surface area is 138 Å². The topological polar surface area (TPSA) is 58.8 Å². The quantitative estimate of drug-likeness (QED) is 0.831. The first-order chi connectivity index (χ1) is 11.5. The predicted molar refractivity (Wildman–Crippen MR) is 79.3 cm³/mol. The van der Waals surface area contributed by atoms with Crippen molar-refractivity contribution in [1.29, 1.82) is 0 Å². The van der Waals surface area contributed by atoms with Crippen molar-refractivity contribution in [2.45, 2.75) is 25.3 Å². The molecule has 2 atom stereocenters. The summed E-state index contributed by atoms with van der Waals surface area (Å²) in [6.45, 7) is 2.57. The third kappa shape index (κ3) is 2.71. The number of aromatic nitrogens is 1. The molecule has 0 spiro atoms. The standard InChI is InChI=1S/C16H21F2N3O3/c17-16(18)2-4-21(11-16)14(22)15-3-6-23-9-12(15)7-20(10-15)8-13-1-5-24-19-13/h1,5,12H,2-4,6-11H2. The number of ether oxygens (including phenoxy) is 1. The molecule has 3 aliphatic rings. The second-order valence-electron chi connectivity index (χ2n) is 7.17. The van der Waals surface area contributed by atoms with Crippen LogP contribution in [-0.2, 0) is 16.1 Å². The molecule has 3 aliphatic heterocycles. The number of hydrogen-bond acceptors (Lipinski definition) is 5. The van der Waals surface area contributed by atoms with E-state index in [1.54, 1.807) is 6.07 Å². The lowest BCUT2D eigenvalue weighted by Crippen LogP contribution is -2.51. The first-order valence-corrected chi connectivity index (χ1v) is 8.35. The molecule has 1 amide bonds. The number of fused-ring (bicyclic) bond motifs is 1. The van der Waals surface area contributed by atoms with Crippen molar-refractivity contribution in [3.8, 4) is 0 Å². The normalized spacial score (nSPS) is 32.9. The molecule has 0 aliphatic carbocycles. The Morgan fingerprint density at radius 1 is 1.38 bits per heavy atom. The minimum Gasteiger partial charge on any atom is -0.381 e. The van der Waals surface area contributed by atoms with Crippen molar-refractivity contribution < 1.29 is 22.8 Å². The van der Waals surface area contributed by atoms with Gasteiger partial charge in [0.25, 0.3) is 5.92 Å². The first kappa shape index (κ1) is 16.0. The fourth-order valence-electron chi connectivity index (χ4n) is 4.30. The average molecular weight is 341 g/mol. The molecule has 0 N–H and O–H groups in total. The van der Waals surface area contributed by atoms with E-state index in [0.717, 1.165) is 5.69 Å². The summed E-state index contributed by atoms with van der Waals surface area (Å²) >= 11 is 0. The van der Waals surface area contributed by atoms with Gasteiger partial charge in [0.2, 0.25) is 5.91 Å². The van der Waals surface area contributed by atoms with Crippen molar-refractivity contribution in [2.75, 3.05) is 39.4 Å². The van der Waals surface area contributed by atoms with Crippen LogP contribution in [0.15, 0.2) is 16.9 Å². The van der Waals surface area contributed by atoms with E-state index in [9.17, 15) is 13.6 Å². The molecule has 0 bridgehead atoms. The monoisotopic (exact) mass is 341 g/mol. The molecule has 0 saturated carbocycles. The van der Waals surface area contributed by atoms with E-state index in [1.165, 1.54) is 11.2 Å². The zero-order valence-electron chi connectivity index (χ0n) is 13.4. The molecule has 132 valence electrons. The molecule has 0 radical (unpaired) electrons. The molecule has 2 unspecified atom stereocenters. The zero-order chi connectivity index (χ0) is 16.8. The van der Waals surface area contributed by atoms with Gasteiger partial charge in [0, 0.05) is 51.2 Å². The van der Waals surface area contributed by atoms with Gasteiger partial charge in [0.1, 0.15) is 6.26 Å². The number of alkyl halides is 2. The Morgan fingerprint density at radius 3 is 2.96 bits per heavy atom. The van der Waals surface area contributed by atoms with Crippen molar-refractivity contribution in [3.05, 3.63) is 18.0 Å². The van der Waals surface area contributed by atoms with Gasteiger partial charge in [0.05, 0.1) is 24.3 Å². The number of rotatable bonds is 3. The Kier molecular flexibility index (Phi) is 3.84. The van der Waals surface area contributed by atoms with Crippen LogP contribution in [-0.4, -0.2) is 66.2 Å². The molecule has 24 heavy (non-hydrogen) atoms. The predicted octanol–water partition coefficient (Wildman–Crippen LogP) is 1.38. The number of carbonyl (C=O) groups excluding carboxylic acids is 1. The molecule has 0 aromatic carbocycles. The second kappa shape index (κ2) is 5.77. The van der Waals surface area contributed by atoms with Crippen LogP contribution < -0.4 is 0 Å². The molecule has 6 nitrogen and oxygen atoms in total. The van der Waals surface area contributed by atoms with Crippen LogP contribution in [0.5, 0.6) is 0 Å². The fourth-order valence-corrected chi connectivity index (χ4v) is 4.30. The van der Waals surface area contributed by atoms with E-state index in [1.807, 2.05) is 0 Å². The molecular formula is C16H21F2N3O3. The van der Waals surface area contributed by atoms with E-state index in [-0.39, 0.29) is 24.8 Å². The maximum absolute atomic E-state index is 13.5. The lowest BCUT2D eigenvalue weighted by Gasteiger charge is -2.39. The van der Waals surface area contributed by atoms with Crippen LogP contribution in [0.4, 0.5) is 8.78 Å². The maximum Gasteiger partial charge on any atom is 0.267 e. The highest BCUT2D eigenvalue weighted by Gasteiger charge is 2.56. The van der Waals surface area contributed by atoms with Gasteiger partial charge in [-0.2, -0.15) is 0 Å². The average Bonchev–Trinajstić information content (AvgIpc) is 3.25. The summed E-state index contributed by atoms with van der Waals surface area (Å²) in [5.74, 6) is -2.85. The lowest BCUT2D eigenvalue weighted by molar-refractivity contribution is -0.151. The van der Waals surface area contributed by atoms with Gasteiger partial charge in [0.15, 0.2) is 0 Å². The lowest BCUT2D eigenvalue weighted by atomic mass is 9.73. The number of halogens is 2. The SMILES string of the molecule is O=C(N1CCC(F)(F)C1)C12CCOCC1CN(Cc1ccon1)C2. The van der Waals surface area contributed by atoms with Crippen LogP contribution in [0.3, 0.4) is 0 Å². The van der Waals surface area contributed by atoms with Crippen molar-refractivity contribution in [1.82, 2.24) is 15.0 Å². The number of amides is 1. The van der Waals surface area contributed by atoms with Gasteiger partial charge < -0.3 is 14.2 Å². The van der Waals surface area contributed by atoms with Crippen molar-refractivity contribution in [3.63, 3.8) is 0 Å². The summed E-state index contributed by atoms with van der Waals surface area (Å²) < 4.78 is 37.5. The van der Waals surface area contributed by atoms with Crippen LogP contribution >= 0.6 is 0 Å². The zero-order valence-corrected chi connectivity index (χ0v) is 13.4. The fraction of sp³-hybridized carbons (Fsp3) is 0.750. The van der Waals surface area contributed by atoms with E-state index in [2.05, 4.69) is 10.1 Å². The number of likely N-dealkylation sites (tertiary alicyclic amines) is 2. The summed E-state index contributed by atoms with van der Waals surface area (Å²) in [7, 11) is 0. The summed E-state index contributed by atoms with van der Waals surface area (Å²) in [4.78, 5) is 16.6. The van der Waals surface area contributed by atoms with Crippen LogP contribution in [0, 0.1) is 11.3 Å². The molecule has 3 fully saturated rings. The van der Waals surface area contributed by atoms with E-state index in [4.69, 9.17) is 9.26 Å². The maximum atomic E-state index is 13.5. The molecule has 4 rings (SSSR count). The Bertz CT molecular complexity index is 610. The van der Waals surface area contributed by atoms with E-state index in [0.29, 0.717) is 39.3 Å². The van der Waals surface area contributed by atoms with Crippen LogP contribution in [0.1, 0.15) is 18.5 Å². The van der Waals surface area contributed by atoms with E-state index < -0.39 is 17.9 Å².